The zero-order valence-corrected chi connectivity index (χ0v) is 9.08. The summed E-state index contributed by atoms with van der Waals surface area (Å²) in [4.78, 5) is 10.5. The summed E-state index contributed by atoms with van der Waals surface area (Å²) >= 11 is 3.31. The fourth-order valence-corrected chi connectivity index (χ4v) is 1.48. The molecule has 0 fully saturated rings. The minimum atomic E-state index is -0.500. The van der Waals surface area contributed by atoms with Gasteiger partial charge in [-0.3, -0.25) is 4.79 Å². The van der Waals surface area contributed by atoms with Crippen LogP contribution in [0.4, 0.5) is 0 Å². The molecular weight excluding hydrogens is 248 g/mol. The largest absolute Gasteiger partial charge is 0.483 e. The molecule has 14 heavy (non-hydrogen) atoms. The highest BCUT2D eigenvalue weighted by Gasteiger charge is 2.03. The molecule has 1 amide bonds. The van der Waals surface area contributed by atoms with E-state index in [-0.39, 0.29) is 6.61 Å². The minimum absolute atomic E-state index is 0.124. The van der Waals surface area contributed by atoms with Crippen molar-refractivity contribution in [2.45, 2.75) is 6.54 Å². The maximum Gasteiger partial charge on any atom is 0.255 e. The normalized spacial score (nSPS) is 9.86. The molecule has 0 aliphatic carbocycles. The van der Waals surface area contributed by atoms with Gasteiger partial charge in [0.2, 0.25) is 0 Å². The van der Waals surface area contributed by atoms with Crippen LogP contribution in [0, 0.1) is 0 Å². The lowest BCUT2D eigenvalue weighted by Gasteiger charge is -2.07. The Balaban J connectivity index is 2.73. The average Bonchev–Trinajstić information content (AvgIpc) is 2.15. The van der Waals surface area contributed by atoms with E-state index in [1.54, 1.807) is 6.07 Å². The van der Waals surface area contributed by atoms with Crippen molar-refractivity contribution in [3.05, 3.63) is 28.2 Å². The average molecular weight is 259 g/mol. The molecule has 1 aromatic carbocycles. The SMILES string of the molecule is NCc1ccc(OCC(N)=O)c(Br)c1. The Morgan fingerprint density at radius 2 is 2.21 bits per heavy atom. The molecule has 5 heteroatoms. The van der Waals surface area contributed by atoms with Gasteiger partial charge in [0.15, 0.2) is 6.61 Å². The Morgan fingerprint density at radius 1 is 1.50 bits per heavy atom. The lowest BCUT2D eigenvalue weighted by molar-refractivity contribution is -0.119. The summed E-state index contributed by atoms with van der Waals surface area (Å²) < 4.78 is 5.90. The van der Waals surface area contributed by atoms with Crippen LogP contribution in [0.25, 0.3) is 0 Å². The van der Waals surface area contributed by atoms with E-state index >= 15 is 0 Å². The fraction of sp³-hybridized carbons (Fsp3) is 0.222. The van der Waals surface area contributed by atoms with Gasteiger partial charge in [-0.2, -0.15) is 0 Å². The molecule has 0 spiro atoms. The molecule has 0 bridgehead atoms. The van der Waals surface area contributed by atoms with Gasteiger partial charge in [0.05, 0.1) is 4.47 Å². The van der Waals surface area contributed by atoms with Gasteiger partial charge in [-0.15, -0.1) is 0 Å². The standard InChI is InChI=1S/C9H11BrN2O2/c10-7-3-6(4-11)1-2-8(7)14-5-9(12)13/h1-3H,4-5,11H2,(H2,12,13). The molecule has 0 aliphatic heterocycles. The van der Waals surface area contributed by atoms with Crippen LogP contribution >= 0.6 is 15.9 Å². The van der Waals surface area contributed by atoms with Crippen LogP contribution in [0.1, 0.15) is 5.56 Å². The molecular formula is C9H11BrN2O2. The van der Waals surface area contributed by atoms with Gasteiger partial charge >= 0.3 is 0 Å². The van der Waals surface area contributed by atoms with Gasteiger partial charge in [0.1, 0.15) is 5.75 Å². The first-order chi connectivity index (χ1) is 6.63. The number of carbonyl (C=O) groups is 1. The Kier molecular flexibility index (Phi) is 3.91. The molecule has 0 unspecified atom stereocenters. The summed E-state index contributed by atoms with van der Waals surface area (Å²) in [5.74, 6) is 0.0841. The van der Waals surface area contributed by atoms with Gasteiger partial charge in [0.25, 0.3) is 5.91 Å². The topological polar surface area (TPSA) is 78.3 Å². The summed E-state index contributed by atoms with van der Waals surface area (Å²) in [6.07, 6.45) is 0. The highest BCUT2D eigenvalue weighted by molar-refractivity contribution is 9.10. The van der Waals surface area contributed by atoms with Crippen molar-refractivity contribution in [1.82, 2.24) is 0 Å². The molecule has 0 radical (unpaired) electrons. The van der Waals surface area contributed by atoms with Crippen molar-refractivity contribution in [2.75, 3.05) is 6.61 Å². The number of halogens is 1. The number of primary amides is 1. The van der Waals surface area contributed by atoms with Crippen LogP contribution in [0.3, 0.4) is 0 Å². The van der Waals surface area contributed by atoms with E-state index in [1.165, 1.54) is 0 Å². The zero-order valence-electron chi connectivity index (χ0n) is 7.50. The molecule has 1 rings (SSSR count). The predicted octanol–water partition coefficient (Wildman–Crippen LogP) is 0.772. The van der Waals surface area contributed by atoms with Gasteiger partial charge in [-0.25, -0.2) is 0 Å². The minimum Gasteiger partial charge on any atom is -0.483 e. The monoisotopic (exact) mass is 258 g/mol. The lowest BCUT2D eigenvalue weighted by atomic mass is 10.2. The van der Waals surface area contributed by atoms with E-state index < -0.39 is 5.91 Å². The molecule has 0 saturated heterocycles. The van der Waals surface area contributed by atoms with Gasteiger partial charge in [-0.05, 0) is 33.6 Å². The highest BCUT2D eigenvalue weighted by atomic mass is 79.9. The van der Waals surface area contributed by atoms with Crippen LogP contribution < -0.4 is 16.2 Å². The van der Waals surface area contributed by atoms with E-state index in [1.807, 2.05) is 12.1 Å². The van der Waals surface area contributed by atoms with Crippen LogP contribution in [0.5, 0.6) is 5.75 Å². The second-order valence-electron chi connectivity index (χ2n) is 2.72. The van der Waals surface area contributed by atoms with Crippen LogP contribution in [-0.2, 0) is 11.3 Å². The third-order valence-electron chi connectivity index (χ3n) is 1.60. The van der Waals surface area contributed by atoms with Gasteiger partial charge in [0, 0.05) is 6.54 Å². The van der Waals surface area contributed by atoms with Gasteiger partial charge in [-0.1, -0.05) is 6.07 Å². The van der Waals surface area contributed by atoms with E-state index in [0.29, 0.717) is 12.3 Å². The van der Waals surface area contributed by atoms with Crippen molar-refractivity contribution in [3.8, 4) is 5.75 Å². The molecule has 0 heterocycles. The third kappa shape index (κ3) is 3.01. The second-order valence-corrected chi connectivity index (χ2v) is 3.58. The molecule has 4 N–H and O–H groups in total. The molecule has 4 nitrogen and oxygen atoms in total. The van der Waals surface area contributed by atoms with Crippen molar-refractivity contribution < 1.29 is 9.53 Å². The first-order valence-corrected chi connectivity index (χ1v) is 4.82. The van der Waals surface area contributed by atoms with Crippen LogP contribution in [-0.4, -0.2) is 12.5 Å². The quantitative estimate of drug-likeness (QED) is 0.838. The number of benzene rings is 1. The Hall–Kier alpha value is -1.07. The number of amides is 1. The molecule has 1 aromatic rings. The van der Waals surface area contributed by atoms with E-state index in [4.69, 9.17) is 16.2 Å². The van der Waals surface area contributed by atoms with E-state index in [2.05, 4.69) is 15.9 Å². The summed E-state index contributed by atoms with van der Waals surface area (Å²) in [7, 11) is 0. The van der Waals surface area contributed by atoms with Gasteiger partial charge < -0.3 is 16.2 Å². The van der Waals surface area contributed by atoms with Crippen molar-refractivity contribution in [1.29, 1.82) is 0 Å². The Morgan fingerprint density at radius 3 is 2.71 bits per heavy atom. The molecule has 76 valence electrons. The van der Waals surface area contributed by atoms with E-state index in [9.17, 15) is 4.79 Å². The molecule has 0 saturated carbocycles. The first-order valence-electron chi connectivity index (χ1n) is 4.03. The number of carbonyl (C=O) groups excluding carboxylic acids is 1. The lowest BCUT2D eigenvalue weighted by Crippen LogP contribution is -2.20. The number of hydrogen-bond donors (Lipinski definition) is 2. The number of rotatable bonds is 4. The number of nitrogens with two attached hydrogens (primary N) is 2. The zero-order chi connectivity index (χ0) is 10.6. The maximum absolute atomic E-state index is 10.5. The van der Waals surface area contributed by atoms with Crippen molar-refractivity contribution in [3.63, 3.8) is 0 Å². The summed E-state index contributed by atoms with van der Waals surface area (Å²) in [5.41, 5.74) is 11.4. The smallest absolute Gasteiger partial charge is 0.255 e. The molecule has 0 atom stereocenters. The highest BCUT2D eigenvalue weighted by Crippen LogP contribution is 2.25. The van der Waals surface area contributed by atoms with Crippen molar-refractivity contribution in [2.24, 2.45) is 11.5 Å². The molecule has 0 aliphatic rings. The summed E-state index contributed by atoms with van der Waals surface area (Å²) in [5, 5.41) is 0. The predicted molar refractivity (Wildman–Crippen MR) is 56.7 cm³/mol. The van der Waals surface area contributed by atoms with Crippen molar-refractivity contribution >= 4 is 21.8 Å². The Bertz CT molecular complexity index is 342. The third-order valence-corrected chi connectivity index (χ3v) is 2.22. The number of ether oxygens (including phenoxy) is 1. The maximum atomic E-state index is 10.5. The summed E-state index contributed by atoms with van der Waals surface area (Å²) in [6.45, 7) is 0.343. The Labute approximate surface area is 90.3 Å². The first kappa shape index (κ1) is 11.0. The summed E-state index contributed by atoms with van der Waals surface area (Å²) in [6, 6.07) is 5.42. The van der Waals surface area contributed by atoms with Crippen LogP contribution in [0.15, 0.2) is 22.7 Å². The second kappa shape index (κ2) is 4.97. The number of hydrogen-bond acceptors (Lipinski definition) is 3. The fourth-order valence-electron chi connectivity index (χ4n) is 0.937. The van der Waals surface area contributed by atoms with Crippen LogP contribution in [0.2, 0.25) is 0 Å². The molecule has 0 aromatic heterocycles. The van der Waals surface area contributed by atoms with E-state index in [0.717, 1.165) is 10.0 Å².